The predicted octanol–water partition coefficient (Wildman–Crippen LogP) is 5.37. The van der Waals surface area contributed by atoms with Gasteiger partial charge in [-0.05, 0) is 54.2 Å². The third-order valence-electron chi connectivity index (χ3n) is 7.35. The number of hydrogen-bond donors (Lipinski definition) is 2. The largest absolute Gasteiger partial charge is 0.361 e. The maximum absolute atomic E-state index is 14.0. The fraction of sp³-hybridized carbons (Fsp3) is 0.323. The smallest absolute Gasteiger partial charge is 0.247 e. The lowest BCUT2D eigenvalue weighted by Crippen LogP contribution is -2.48. The molecule has 37 heavy (non-hydrogen) atoms. The molecule has 1 saturated carbocycles. The van der Waals surface area contributed by atoms with E-state index in [1.807, 2.05) is 60.8 Å². The molecule has 0 spiro atoms. The summed E-state index contributed by atoms with van der Waals surface area (Å²) in [6, 6.07) is 21.2. The molecule has 2 amide bonds. The van der Waals surface area contributed by atoms with Gasteiger partial charge in [-0.1, -0.05) is 67.8 Å². The number of para-hydroxylation sites is 1. The van der Waals surface area contributed by atoms with Gasteiger partial charge >= 0.3 is 0 Å². The Bertz CT molecular complexity index is 1310. The van der Waals surface area contributed by atoms with Gasteiger partial charge in [0.25, 0.3) is 0 Å². The molecule has 0 aliphatic heterocycles. The van der Waals surface area contributed by atoms with Crippen LogP contribution in [0.4, 0.5) is 0 Å². The number of nitrogens with one attached hydrogen (secondary N) is 2. The van der Waals surface area contributed by atoms with Crippen LogP contribution in [0.5, 0.6) is 0 Å². The lowest BCUT2D eigenvalue weighted by atomic mass is 9.94. The van der Waals surface area contributed by atoms with Crippen molar-refractivity contribution in [3.63, 3.8) is 0 Å². The molecule has 6 nitrogen and oxygen atoms in total. The van der Waals surface area contributed by atoms with Gasteiger partial charge in [0.1, 0.15) is 6.04 Å². The molecule has 1 aliphatic carbocycles. The average molecular weight is 495 g/mol. The molecule has 2 aromatic heterocycles. The molecule has 0 radical (unpaired) electrons. The molecule has 1 aliphatic rings. The highest BCUT2D eigenvalue weighted by Crippen LogP contribution is 2.26. The monoisotopic (exact) mass is 494 g/mol. The number of fused-ring (bicyclic) bond motifs is 1. The second kappa shape index (κ2) is 11.9. The van der Waals surface area contributed by atoms with Crippen LogP contribution in [0.15, 0.2) is 85.3 Å². The predicted molar refractivity (Wildman–Crippen MR) is 146 cm³/mol. The Kier molecular flexibility index (Phi) is 7.94. The summed E-state index contributed by atoms with van der Waals surface area (Å²) in [6.07, 6.45) is 11.6. The normalized spacial score (nSPS) is 14.8. The zero-order valence-corrected chi connectivity index (χ0v) is 21.1. The van der Waals surface area contributed by atoms with Crippen LogP contribution in [0.3, 0.4) is 0 Å². The van der Waals surface area contributed by atoms with Crippen LogP contribution >= 0.6 is 0 Å². The molecule has 4 aromatic rings. The van der Waals surface area contributed by atoms with Crippen LogP contribution in [-0.2, 0) is 22.4 Å². The van der Waals surface area contributed by atoms with Gasteiger partial charge in [-0.2, -0.15) is 0 Å². The number of carbonyl (C=O) groups excluding carboxylic acids is 2. The SMILES string of the molecule is O=C(NC1CCCCC1)C(c1ccncc1)N(CCc1ccccc1)C(=O)Cc1c[nH]c2ccccc12. The highest BCUT2D eigenvalue weighted by molar-refractivity contribution is 5.92. The first kappa shape index (κ1) is 24.8. The molecule has 5 rings (SSSR count). The van der Waals surface area contributed by atoms with Crippen molar-refractivity contribution >= 4 is 22.7 Å². The second-order valence-electron chi connectivity index (χ2n) is 9.89. The van der Waals surface area contributed by atoms with Gasteiger partial charge in [0.15, 0.2) is 0 Å². The highest BCUT2D eigenvalue weighted by atomic mass is 16.2. The van der Waals surface area contributed by atoms with Crippen molar-refractivity contribution in [1.29, 1.82) is 0 Å². The number of nitrogens with zero attached hydrogens (tertiary/aromatic N) is 2. The Morgan fingerprint density at radius 1 is 0.946 bits per heavy atom. The zero-order valence-electron chi connectivity index (χ0n) is 21.1. The van der Waals surface area contributed by atoms with E-state index in [-0.39, 0.29) is 24.3 Å². The Morgan fingerprint density at radius 3 is 2.46 bits per heavy atom. The number of carbonyl (C=O) groups is 2. The standard InChI is InChI=1S/C31H34N4O2/c36-29(21-25-22-33-28-14-8-7-13-27(25)28)35(20-17-23-9-3-1-4-10-23)30(24-15-18-32-19-16-24)31(37)34-26-11-5-2-6-12-26/h1,3-4,7-10,13-16,18-19,22,26,30,33H,2,5-6,11-12,17,20-21H2,(H,34,37). The first-order valence-corrected chi connectivity index (χ1v) is 13.3. The fourth-order valence-electron chi connectivity index (χ4n) is 5.38. The van der Waals surface area contributed by atoms with Crippen LogP contribution in [-0.4, -0.2) is 39.3 Å². The summed E-state index contributed by atoms with van der Waals surface area (Å²) in [5.74, 6) is -0.181. The van der Waals surface area contributed by atoms with Crippen molar-refractivity contribution in [2.75, 3.05) is 6.54 Å². The van der Waals surface area contributed by atoms with Gasteiger partial charge in [0.05, 0.1) is 6.42 Å². The third kappa shape index (κ3) is 6.08. The van der Waals surface area contributed by atoms with Gasteiger partial charge in [0.2, 0.25) is 11.8 Å². The van der Waals surface area contributed by atoms with E-state index in [0.29, 0.717) is 13.0 Å². The van der Waals surface area contributed by atoms with Crippen molar-refractivity contribution < 1.29 is 9.59 Å². The lowest BCUT2D eigenvalue weighted by Gasteiger charge is -2.33. The maximum Gasteiger partial charge on any atom is 0.247 e. The van der Waals surface area contributed by atoms with Crippen LogP contribution in [0.1, 0.15) is 54.8 Å². The van der Waals surface area contributed by atoms with Crippen LogP contribution < -0.4 is 5.32 Å². The van der Waals surface area contributed by atoms with Gasteiger partial charge in [-0.3, -0.25) is 14.6 Å². The van der Waals surface area contributed by atoms with Gasteiger partial charge < -0.3 is 15.2 Å². The van der Waals surface area contributed by atoms with E-state index < -0.39 is 6.04 Å². The van der Waals surface area contributed by atoms with E-state index in [1.165, 1.54) is 6.42 Å². The molecular weight excluding hydrogens is 460 g/mol. The number of benzene rings is 2. The Labute approximate surface area is 218 Å². The number of pyridine rings is 1. The van der Waals surface area contributed by atoms with Crippen molar-refractivity contribution in [1.82, 2.24) is 20.2 Å². The molecule has 1 atom stereocenters. The minimum absolute atomic E-state index is 0.0682. The van der Waals surface area contributed by atoms with E-state index in [1.54, 1.807) is 17.3 Å². The maximum atomic E-state index is 14.0. The van der Waals surface area contributed by atoms with E-state index in [4.69, 9.17) is 0 Å². The first-order valence-electron chi connectivity index (χ1n) is 13.3. The molecular formula is C31H34N4O2. The number of amides is 2. The van der Waals surface area contributed by atoms with Gasteiger partial charge in [-0.25, -0.2) is 0 Å². The molecule has 2 aromatic carbocycles. The summed E-state index contributed by atoms with van der Waals surface area (Å²) >= 11 is 0. The minimum atomic E-state index is -0.716. The molecule has 0 bridgehead atoms. The van der Waals surface area contributed by atoms with E-state index in [2.05, 4.69) is 27.4 Å². The van der Waals surface area contributed by atoms with Crippen molar-refractivity contribution in [2.45, 2.75) is 57.0 Å². The Hall–Kier alpha value is -3.93. The lowest BCUT2D eigenvalue weighted by molar-refractivity contribution is -0.140. The van der Waals surface area contributed by atoms with Gasteiger partial charge in [-0.15, -0.1) is 0 Å². The number of rotatable bonds is 9. The summed E-state index contributed by atoms with van der Waals surface area (Å²) in [5, 5.41) is 4.31. The molecule has 1 fully saturated rings. The number of aromatic nitrogens is 2. The minimum Gasteiger partial charge on any atom is -0.361 e. The van der Waals surface area contributed by atoms with Crippen molar-refractivity contribution in [3.8, 4) is 0 Å². The summed E-state index contributed by atoms with van der Waals surface area (Å²) in [5.41, 5.74) is 3.85. The molecule has 6 heteroatoms. The van der Waals surface area contributed by atoms with Crippen LogP contribution in [0, 0.1) is 0 Å². The van der Waals surface area contributed by atoms with E-state index >= 15 is 0 Å². The zero-order chi connectivity index (χ0) is 25.5. The van der Waals surface area contributed by atoms with Crippen LogP contribution in [0.2, 0.25) is 0 Å². The van der Waals surface area contributed by atoms with E-state index in [9.17, 15) is 9.59 Å². The topological polar surface area (TPSA) is 78.1 Å². The van der Waals surface area contributed by atoms with Gasteiger partial charge in [0, 0.05) is 42.1 Å². The molecule has 0 saturated heterocycles. The summed E-state index contributed by atoms with van der Waals surface area (Å²) in [4.78, 5) is 37.0. The first-order chi connectivity index (χ1) is 18.2. The number of aromatic amines is 1. The molecule has 2 heterocycles. The number of H-pyrrole nitrogens is 1. The second-order valence-corrected chi connectivity index (χ2v) is 9.89. The summed E-state index contributed by atoms with van der Waals surface area (Å²) in [7, 11) is 0. The summed E-state index contributed by atoms with van der Waals surface area (Å²) in [6.45, 7) is 0.441. The Balaban J connectivity index is 1.46. The quantitative estimate of drug-likeness (QED) is 0.329. The third-order valence-corrected chi connectivity index (χ3v) is 7.35. The highest BCUT2D eigenvalue weighted by Gasteiger charge is 2.33. The molecule has 2 N–H and O–H groups in total. The van der Waals surface area contributed by atoms with Crippen molar-refractivity contribution in [2.24, 2.45) is 0 Å². The Morgan fingerprint density at radius 2 is 1.68 bits per heavy atom. The molecule has 1 unspecified atom stereocenters. The molecule has 190 valence electrons. The van der Waals surface area contributed by atoms with Crippen molar-refractivity contribution in [3.05, 3.63) is 102 Å². The fourth-order valence-corrected chi connectivity index (χ4v) is 5.38. The summed E-state index contributed by atoms with van der Waals surface area (Å²) < 4.78 is 0. The van der Waals surface area contributed by atoms with Crippen LogP contribution in [0.25, 0.3) is 10.9 Å². The number of hydrogen-bond acceptors (Lipinski definition) is 3. The van der Waals surface area contributed by atoms with E-state index in [0.717, 1.165) is 53.3 Å². The average Bonchev–Trinajstić information content (AvgIpc) is 3.35.